The molecule has 0 saturated heterocycles. The van der Waals surface area contributed by atoms with Crippen molar-refractivity contribution >= 4 is 10.9 Å². The molecule has 0 spiro atoms. The maximum absolute atomic E-state index is 5.54. The molecule has 2 aromatic carbocycles. The minimum absolute atomic E-state index is 0.819. The molecule has 144 valence electrons. The zero-order chi connectivity index (χ0) is 19.6. The fraction of sp³-hybridized carbons (Fsp3) is 0.200. The van der Waals surface area contributed by atoms with Crippen molar-refractivity contribution in [1.29, 1.82) is 0 Å². The molecule has 29 heavy (non-hydrogen) atoms. The van der Waals surface area contributed by atoms with Gasteiger partial charge in [0.15, 0.2) is 0 Å². The molecule has 4 heteroatoms. The lowest BCUT2D eigenvalue weighted by Crippen LogP contribution is -2.19. The molecule has 0 aliphatic carbocycles. The van der Waals surface area contributed by atoms with Crippen LogP contribution >= 0.6 is 0 Å². The van der Waals surface area contributed by atoms with Crippen molar-refractivity contribution in [2.75, 3.05) is 13.7 Å². The predicted octanol–water partition coefficient (Wildman–Crippen LogP) is 4.86. The van der Waals surface area contributed by atoms with Crippen molar-refractivity contribution in [3.8, 4) is 16.9 Å². The Hall–Kier alpha value is -3.24. The summed E-state index contributed by atoms with van der Waals surface area (Å²) in [7, 11) is 1.70. The molecule has 0 bridgehead atoms. The molecule has 5 rings (SSSR count). The van der Waals surface area contributed by atoms with Crippen molar-refractivity contribution < 1.29 is 4.74 Å². The molecule has 4 nitrogen and oxygen atoms in total. The first-order valence-electron chi connectivity index (χ1n) is 9.98. The Morgan fingerprint density at radius 3 is 2.79 bits per heavy atom. The van der Waals surface area contributed by atoms with E-state index in [4.69, 9.17) is 9.72 Å². The van der Waals surface area contributed by atoms with Crippen LogP contribution < -0.4 is 4.74 Å². The number of methoxy groups -OCH3 is 1. The topological polar surface area (TPSA) is 38.2 Å². The molecule has 0 atom stereocenters. The van der Waals surface area contributed by atoms with E-state index in [-0.39, 0.29) is 0 Å². The summed E-state index contributed by atoms with van der Waals surface area (Å²) < 4.78 is 5.54. The normalized spacial score (nSPS) is 13.6. The van der Waals surface area contributed by atoms with Gasteiger partial charge in [-0.3, -0.25) is 14.9 Å². The van der Waals surface area contributed by atoms with Gasteiger partial charge in [0, 0.05) is 48.9 Å². The number of hydrogen-bond acceptors (Lipinski definition) is 4. The Labute approximate surface area is 170 Å². The second-order valence-electron chi connectivity index (χ2n) is 7.48. The van der Waals surface area contributed by atoms with Crippen molar-refractivity contribution in [3.05, 3.63) is 89.9 Å². The molecule has 0 fully saturated rings. The van der Waals surface area contributed by atoms with E-state index in [1.165, 1.54) is 22.1 Å². The van der Waals surface area contributed by atoms with Crippen LogP contribution in [-0.2, 0) is 19.5 Å². The highest BCUT2D eigenvalue weighted by atomic mass is 16.5. The third kappa shape index (κ3) is 3.47. The third-order valence-corrected chi connectivity index (χ3v) is 5.68. The first-order valence-corrected chi connectivity index (χ1v) is 9.98. The van der Waals surface area contributed by atoms with Crippen LogP contribution in [0.1, 0.15) is 16.8 Å². The first-order chi connectivity index (χ1) is 14.3. The quantitative estimate of drug-likeness (QED) is 0.495. The van der Waals surface area contributed by atoms with Gasteiger partial charge in [-0.2, -0.15) is 0 Å². The van der Waals surface area contributed by atoms with E-state index in [0.717, 1.165) is 48.6 Å². The summed E-state index contributed by atoms with van der Waals surface area (Å²) in [6.07, 6.45) is 4.56. The smallest absolute Gasteiger partial charge is 0.144 e. The molecular formula is C25H23N3O. The predicted molar refractivity (Wildman–Crippen MR) is 116 cm³/mol. The number of ether oxygens (including phenoxy) is 1. The van der Waals surface area contributed by atoms with E-state index >= 15 is 0 Å². The van der Waals surface area contributed by atoms with E-state index < -0.39 is 0 Å². The van der Waals surface area contributed by atoms with Gasteiger partial charge >= 0.3 is 0 Å². The maximum atomic E-state index is 5.54. The van der Waals surface area contributed by atoms with E-state index in [1.807, 2.05) is 18.3 Å². The highest BCUT2D eigenvalue weighted by Crippen LogP contribution is 2.36. The van der Waals surface area contributed by atoms with Crippen LogP contribution in [-0.4, -0.2) is 28.5 Å². The van der Waals surface area contributed by atoms with E-state index in [1.54, 1.807) is 13.3 Å². The average Bonchev–Trinajstić information content (AvgIpc) is 3.21. The Morgan fingerprint density at radius 2 is 1.86 bits per heavy atom. The van der Waals surface area contributed by atoms with Gasteiger partial charge in [-0.15, -0.1) is 0 Å². The number of aromatic nitrogens is 2. The number of nitrogens with zero attached hydrogens (tertiary/aromatic N) is 3. The highest BCUT2D eigenvalue weighted by molar-refractivity contribution is 5.78. The summed E-state index contributed by atoms with van der Waals surface area (Å²) >= 11 is 0. The first kappa shape index (κ1) is 17.8. The van der Waals surface area contributed by atoms with E-state index in [2.05, 4.69) is 58.4 Å². The van der Waals surface area contributed by atoms with Crippen LogP contribution in [0.2, 0.25) is 0 Å². The molecule has 1 aliphatic rings. The fourth-order valence-electron chi connectivity index (χ4n) is 4.19. The zero-order valence-electron chi connectivity index (χ0n) is 16.5. The molecule has 0 amide bonds. The molecule has 3 heterocycles. The number of rotatable bonds is 5. The van der Waals surface area contributed by atoms with Gasteiger partial charge < -0.3 is 4.74 Å². The Kier molecular flexibility index (Phi) is 4.70. The molecule has 0 saturated carbocycles. The molecule has 4 aromatic rings. The minimum atomic E-state index is 0.819. The summed E-state index contributed by atoms with van der Waals surface area (Å²) in [4.78, 5) is 11.5. The maximum Gasteiger partial charge on any atom is 0.144 e. The largest absolute Gasteiger partial charge is 0.494 e. The van der Waals surface area contributed by atoms with E-state index in [0.29, 0.717) is 0 Å². The number of fused-ring (bicyclic) bond motifs is 2. The molecule has 0 unspecified atom stereocenters. The lowest BCUT2D eigenvalue weighted by Gasteiger charge is -2.15. The van der Waals surface area contributed by atoms with Crippen LogP contribution in [0.5, 0.6) is 5.75 Å². The fourth-order valence-corrected chi connectivity index (χ4v) is 4.19. The summed E-state index contributed by atoms with van der Waals surface area (Å²) in [5.41, 5.74) is 7.36. The SMILES string of the molecule is COc1cnccc1-c1cccc2c1CN(CCc1ccc3ccccc3n1)C2. The van der Waals surface area contributed by atoms with Crippen molar-refractivity contribution in [3.63, 3.8) is 0 Å². The molecule has 1 aliphatic heterocycles. The Bertz CT molecular complexity index is 1170. The molecule has 0 radical (unpaired) electrons. The van der Waals surface area contributed by atoms with Crippen LogP contribution in [0.4, 0.5) is 0 Å². The molecule has 2 aromatic heterocycles. The second kappa shape index (κ2) is 7.64. The van der Waals surface area contributed by atoms with Gasteiger partial charge in [0.05, 0.1) is 18.8 Å². The Balaban J connectivity index is 1.35. The summed E-state index contributed by atoms with van der Waals surface area (Å²) in [6, 6.07) is 21.2. The van der Waals surface area contributed by atoms with Crippen LogP contribution in [0.15, 0.2) is 73.1 Å². The number of hydrogen-bond donors (Lipinski definition) is 0. The standard InChI is InChI=1S/C25H23N3O/c1-29-25-15-26-13-11-22(25)21-7-4-6-19-16-28(17-23(19)21)14-12-20-10-9-18-5-2-3-8-24(18)27-20/h2-11,13,15H,12,14,16-17H2,1H3. The number of benzene rings is 2. The second-order valence-corrected chi connectivity index (χ2v) is 7.48. The van der Waals surface area contributed by atoms with Crippen molar-refractivity contribution in [2.45, 2.75) is 19.5 Å². The van der Waals surface area contributed by atoms with Gasteiger partial charge in [-0.1, -0.05) is 42.5 Å². The average molecular weight is 381 g/mol. The van der Waals surface area contributed by atoms with Crippen LogP contribution in [0, 0.1) is 0 Å². The lowest BCUT2D eigenvalue weighted by atomic mass is 9.97. The van der Waals surface area contributed by atoms with Crippen molar-refractivity contribution in [1.82, 2.24) is 14.9 Å². The third-order valence-electron chi connectivity index (χ3n) is 5.68. The zero-order valence-corrected chi connectivity index (χ0v) is 16.5. The summed E-state index contributed by atoms with van der Waals surface area (Å²) in [6.45, 7) is 2.92. The van der Waals surface area contributed by atoms with Gasteiger partial charge in [-0.05, 0) is 34.9 Å². The van der Waals surface area contributed by atoms with Crippen LogP contribution in [0.3, 0.4) is 0 Å². The van der Waals surface area contributed by atoms with E-state index in [9.17, 15) is 0 Å². The van der Waals surface area contributed by atoms with Gasteiger partial charge in [0.25, 0.3) is 0 Å². The highest BCUT2D eigenvalue weighted by Gasteiger charge is 2.23. The van der Waals surface area contributed by atoms with Gasteiger partial charge in [-0.25, -0.2) is 0 Å². The monoisotopic (exact) mass is 381 g/mol. The molecule has 0 N–H and O–H groups in total. The summed E-state index contributed by atoms with van der Waals surface area (Å²) in [5, 5.41) is 1.20. The van der Waals surface area contributed by atoms with Crippen LogP contribution in [0.25, 0.3) is 22.0 Å². The number of para-hydroxylation sites is 1. The van der Waals surface area contributed by atoms with Gasteiger partial charge in [0.2, 0.25) is 0 Å². The lowest BCUT2D eigenvalue weighted by molar-refractivity contribution is 0.287. The van der Waals surface area contributed by atoms with Gasteiger partial charge in [0.1, 0.15) is 5.75 Å². The minimum Gasteiger partial charge on any atom is -0.494 e. The number of pyridine rings is 2. The molecular weight excluding hydrogens is 358 g/mol. The van der Waals surface area contributed by atoms with Crippen molar-refractivity contribution in [2.24, 2.45) is 0 Å². The summed E-state index contributed by atoms with van der Waals surface area (Å²) in [5.74, 6) is 0.819. The Morgan fingerprint density at radius 1 is 0.931 bits per heavy atom.